The van der Waals surface area contributed by atoms with Gasteiger partial charge < -0.3 is 18.3 Å². The zero-order valence-electron chi connectivity index (χ0n) is 17.1. The highest BCUT2D eigenvalue weighted by atomic mass is 79.9. The van der Waals surface area contributed by atoms with Crippen LogP contribution in [-0.2, 0) is 9.47 Å². The number of aliphatic imine (C=N–C) groups is 2. The quantitative estimate of drug-likeness (QED) is 0.122. The third-order valence-corrected chi connectivity index (χ3v) is 5.54. The summed E-state index contributed by atoms with van der Waals surface area (Å²) in [7, 11) is 0. The highest BCUT2D eigenvalue weighted by Crippen LogP contribution is 2.32. The van der Waals surface area contributed by atoms with E-state index in [9.17, 15) is 0 Å². The molecular weight excluding hydrogens is 611 g/mol. The largest absolute Gasteiger partial charge is 0.461 e. The van der Waals surface area contributed by atoms with Crippen LogP contribution in [0.3, 0.4) is 0 Å². The van der Waals surface area contributed by atoms with Crippen LogP contribution in [-0.4, -0.2) is 10.7 Å². The molecule has 0 fully saturated rings. The third kappa shape index (κ3) is 6.64. The average Bonchev–Trinajstić information content (AvgIpc) is 3.54. The summed E-state index contributed by atoms with van der Waals surface area (Å²) in [5.41, 5.74) is 1.17. The molecule has 0 aliphatic heterocycles. The lowest BCUT2D eigenvalue weighted by Gasteiger charge is -2.12. The summed E-state index contributed by atoms with van der Waals surface area (Å²) in [4.78, 5) is 8.56. The monoisotopic (exact) mass is 622 g/mol. The van der Waals surface area contributed by atoms with Gasteiger partial charge in [0.25, 0.3) is 10.7 Å². The fraction of sp³-hybridized carbons (Fsp3) is 0. The first-order valence-corrected chi connectivity index (χ1v) is 12.0. The maximum Gasteiger partial charge on any atom is 0.293 e. The molecule has 0 aliphatic carbocycles. The lowest BCUT2D eigenvalue weighted by molar-refractivity contribution is 0.424. The maximum atomic E-state index is 6.34. The Bertz CT molecular complexity index is 1210. The molecule has 2 aromatic heterocycles. The highest BCUT2D eigenvalue weighted by Gasteiger charge is 2.23. The van der Waals surface area contributed by atoms with E-state index >= 15 is 0 Å². The molecule has 0 unspecified atom stereocenters. The van der Waals surface area contributed by atoms with E-state index in [1.165, 1.54) is 12.5 Å². The van der Waals surface area contributed by atoms with Crippen molar-refractivity contribution in [2.45, 2.75) is 0 Å². The van der Waals surface area contributed by atoms with Crippen LogP contribution >= 0.6 is 55.1 Å². The maximum absolute atomic E-state index is 6.34. The van der Waals surface area contributed by atoms with Crippen molar-refractivity contribution in [3.05, 3.63) is 106 Å². The highest BCUT2D eigenvalue weighted by molar-refractivity contribution is 9.10. The fourth-order valence-corrected chi connectivity index (χ4v) is 3.56. The second-order valence-electron chi connectivity index (χ2n) is 6.50. The summed E-state index contributed by atoms with van der Waals surface area (Å²) in [5.74, 6) is 0.803. The SMILES string of the molecule is ClC(=Nc1ccc(Br)cc1)O/C(=C(/OC(Cl)=Nc1ccc(Br)cc1)c1ccco1)c1ccco1. The van der Waals surface area contributed by atoms with Crippen molar-refractivity contribution in [2.75, 3.05) is 0 Å². The number of benzene rings is 2. The number of nitrogens with zero attached hydrogens (tertiary/aromatic N) is 2. The van der Waals surface area contributed by atoms with E-state index in [4.69, 9.17) is 41.5 Å². The molecule has 4 aromatic rings. The van der Waals surface area contributed by atoms with Gasteiger partial charge in [-0.3, -0.25) is 0 Å². The molecule has 0 saturated heterocycles. The van der Waals surface area contributed by atoms with E-state index in [0.717, 1.165) is 8.95 Å². The van der Waals surface area contributed by atoms with E-state index in [1.54, 1.807) is 48.5 Å². The van der Waals surface area contributed by atoms with Crippen molar-refractivity contribution in [2.24, 2.45) is 9.98 Å². The minimum Gasteiger partial charge on any atom is -0.461 e. The van der Waals surface area contributed by atoms with Gasteiger partial charge in [-0.15, -0.1) is 0 Å². The topological polar surface area (TPSA) is 69.5 Å². The first kappa shape index (κ1) is 24.3. The van der Waals surface area contributed by atoms with Crippen LogP contribution in [0.15, 0.2) is 113 Å². The van der Waals surface area contributed by atoms with Crippen molar-refractivity contribution in [1.29, 1.82) is 0 Å². The Morgan fingerprint density at radius 2 is 1.00 bits per heavy atom. The number of halogens is 4. The van der Waals surface area contributed by atoms with Crippen LogP contribution in [0.1, 0.15) is 11.5 Å². The van der Waals surface area contributed by atoms with Gasteiger partial charge in [-0.2, -0.15) is 0 Å². The van der Waals surface area contributed by atoms with Crippen molar-refractivity contribution >= 4 is 88.7 Å². The number of hydrogen-bond donors (Lipinski definition) is 0. The molecule has 0 radical (unpaired) electrons. The Kier molecular flexibility index (Phi) is 8.29. The van der Waals surface area contributed by atoms with Crippen LogP contribution in [0.4, 0.5) is 11.4 Å². The molecule has 2 aromatic carbocycles. The first-order valence-electron chi connectivity index (χ1n) is 9.65. The fourth-order valence-electron chi connectivity index (χ4n) is 2.68. The molecule has 0 spiro atoms. The van der Waals surface area contributed by atoms with E-state index < -0.39 is 0 Å². The molecular formula is C24H14Br2Cl2N2O4. The van der Waals surface area contributed by atoms with Gasteiger partial charge in [0, 0.05) is 8.95 Å². The van der Waals surface area contributed by atoms with Gasteiger partial charge in [-0.1, -0.05) is 31.9 Å². The summed E-state index contributed by atoms with van der Waals surface area (Å²) in [6, 6.07) is 21.2. The lowest BCUT2D eigenvalue weighted by Crippen LogP contribution is -2.04. The molecule has 10 heteroatoms. The van der Waals surface area contributed by atoms with Gasteiger partial charge in [0.15, 0.2) is 11.5 Å². The summed E-state index contributed by atoms with van der Waals surface area (Å²) in [5, 5.41) is -0.357. The van der Waals surface area contributed by atoms with Crippen molar-refractivity contribution < 1.29 is 18.3 Å². The normalized spacial score (nSPS) is 12.9. The molecule has 0 aliphatic rings. The van der Waals surface area contributed by atoms with Gasteiger partial charge in [0.1, 0.15) is 0 Å². The minimum atomic E-state index is -0.178. The van der Waals surface area contributed by atoms with Gasteiger partial charge >= 0.3 is 0 Å². The van der Waals surface area contributed by atoms with Crippen LogP contribution < -0.4 is 0 Å². The van der Waals surface area contributed by atoms with Gasteiger partial charge in [0.2, 0.25) is 11.5 Å². The molecule has 0 N–H and O–H groups in total. The van der Waals surface area contributed by atoms with Crippen molar-refractivity contribution in [1.82, 2.24) is 0 Å². The number of ether oxygens (including phenoxy) is 2. The first-order chi connectivity index (χ1) is 16.5. The number of furan rings is 2. The summed E-state index contributed by atoms with van der Waals surface area (Å²) >= 11 is 19.4. The predicted octanol–water partition coefficient (Wildman–Crippen LogP) is 9.11. The molecule has 172 valence electrons. The molecule has 34 heavy (non-hydrogen) atoms. The summed E-state index contributed by atoms with van der Waals surface area (Å²) in [6.45, 7) is 0. The Hall–Kier alpha value is -2.78. The van der Waals surface area contributed by atoms with Gasteiger partial charge in [-0.05, 0) is 96.0 Å². The standard InChI is InChI=1S/C24H14Br2Cl2N2O4/c25-15-5-9-17(10-6-15)29-23(27)33-21(19-3-1-13-31-19)22(20-4-2-14-32-20)34-24(28)30-18-11-7-16(26)8-12-18/h1-14H/b22-21+,29-23?,30-24?. The molecule has 4 rings (SSSR count). The minimum absolute atomic E-state index is 0.0926. The average molecular weight is 625 g/mol. The predicted molar refractivity (Wildman–Crippen MR) is 141 cm³/mol. The number of hydrogen-bond acceptors (Lipinski definition) is 6. The summed E-state index contributed by atoms with van der Waals surface area (Å²) in [6.07, 6.45) is 2.96. The second kappa shape index (κ2) is 11.6. The summed E-state index contributed by atoms with van der Waals surface area (Å²) < 4.78 is 24.6. The molecule has 0 bridgehead atoms. The third-order valence-electron chi connectivity index (χ3n) is 4.16. The smallest absolute Gasteiger partial charge is 0.293 e. The van der Waals surface area contributed by atoms with Crippen molar-refractivity contribution in [3.8, 4) is 0 Å². The van der Waals surface area contributed by atoms with Crippen LogP contribution in [0.25, 0.3) is 11.5 Å². The lowest BCUT2D eigenvalue weighted by atomic mass is 10.2. The Morgan fingerprint density at radius 1 is 0.618 bits per heavy atom. The Morgan fingerprint density at radius 3 is 1.32 bits per heavy atom. The van der Waals surface area contributed by atoms with Crippen LogP contribution in [0, 0.1) is 0 Å². The van der Waals surface area contributed by atoms with Gasteiger partial charge in [0.05, 0.1) is 23.9 Å². The van der Waals surface area contributed by atoms with Gasteiger partial charge in [-0.25, -0.2) is 9.98 Å². The molecule has 6 nitrogen and oxygen atoms in total. The second-order valence-corrected chi connectivity index (χ2v) is 8.98. The zero-order chi connectivity index (χ0) is 23.9. The molecule has 2 heterocycles. The molecule has 0 amide bonds. The molecule has 0 saturated carbocycles. The Labute approximate surface area is 221 Å². The van der Waals surface area contributed by atoms with E-state index in [1.807, 2.05) is 24.3 Å². The zero-order valence-corrected chi connectivity index (χ0v) is 21.8. The van der Waals surface area contributed by atoms with Crippen LogP contribution in [0.5, 0.6) is 0 Å². The van der Waals surface area contributed by atoms with Crippen molar-refractivity contribution in [3.63, 3.8) is 0 Å². The van der Waals surface area contributed by atoms with Crippen LogP contribution in [0.2, 0.25) is 0 Å². The number of rotatable bonds is 6. The van der Waals surface area contributed by atoms with E-state index in [-0.39, 0.29) is 22.2 Å². The van der Waals surface area contributed by atoms with E-state index in [2.05, 4.69) is 41.8 Å². The Balaban J connectivity index is 1.73. The van der Waals surface area contributed by atoms with E-state index in [0.29, 0.717) is 22.9 Å². The molecule has 0 atom stereocenters.